The number of nitrogens with one attached hydrogen (secondary N) is 2. The van der Waals surface area contributed by atoms with E-state index in [-0.39, 0.29) is 11.5 Å². The van der Waals surface area contributed by atoms with E-state index in [0.29, 0.717) is 47.0 Å². The number of halogens is 1. The molecule has 0 bridgehead atoms. The predicted octanol–water partition coefficient (Wildman–Crippen LogP) is 3.02. The molecule has 1 aliphatic rings. The van der Waals surface area contributed by atoms with E-state index >= 15 is 4.39 Å². The number of aromatic nitrogens is 1. The summed E-state index contributed by atoms with van der Waals surface area (Å²) >= 11 is 0. The van der Waals surface area contributed by atoms with Crippen molar-refractivity contribution in [2.75, 3.05) is 25.1 Å². The molecule has 1 aromatic heterocycles. The van der Waals surface area contributed by atoms with Crippen molar-refractivity contribution in [1.29, 1.82) is 0 Å². The largest absolute Gasteiger partial charge is 0.488 e. The molecule has 3 N–H and O–H groups in total. The number of aliphatic hydroxyl groups excluding tert-OH is 1. The van der Waals surface area contributed by atoms with Gasteiger partial charge in [0.2, 0.25) is 10.0 Å². The highest BCUT2D eigenvalue weighted by Crippen LogP contribution is 2.34. The molecule has 0 spiro atoms. The highest BCUT2D eigenvalue weighted by molar-refractivity contribution is 7.89. The Morgan fingerprint density at radius 2 is 2.00 bits per heavy atom. The topological polar surface area (TPSA) is 101 Å². The van der Waals surface area contributed by atoms with Crippen LogP contribution in [0.1, 0.15) is 6.92 Å². The maximum Gasteiger partial charge on any atom is 0.241 e. The molecule has 0 saturated carbocycles. The monoisotopic (exact) mass is 443 g/mol. The molecule has 0 unspecified atom stereocenters. The third-order valence-electron chi connectivity index (χ3n) is 4.90. The number of fused-ring (bicyclic) bond motifs is 1. The SMILES string of the molecule is C[C@@H](CO)NS(=O)(=O)c1ccccc1-c1ccc(-c2cnc3c(c2)OCCN3)c(F)c1. The molecule has 1 atom stereocenters. The quantitative estimate of drug-likeness (QED) is 0.542. The Kier molecular flexibility index (Phi) is 5.90. The summed E-state index contributed by atoms with van der Waals surface area (Å²) in [7, 11) is -3.90. The summed E-state index contributed by atoms with van der Waals surface area (Å²) in [5, 5.41) is 12.3. The van der Waals surface area contributed by atoms with E-state index in [1.807, 2.05) is 0 Å². The van der Waals surface area contributed by atoms with E-state index in [1.54, 1.807) is 49.5 Å². The zero-order valence-electron chi connectivity index (χ0n) is 16.8. The van der Waals surface area contributed by atoms with Crippen molar-refractivity contribution in [3.05, 3.63) is 60.5 Å². The average molecular weight is 444 g/mol. The lowest BCUT2D eigenvalue weighted by Crippen LogP contribution is -2.35. The van der Waals surface area contributed by atoms with Crippen molar-refractivity contribution in [1.82, 2.24) is 9.71 Å². The molecule has 9 heteroatoms. The van der Waals surface area contributed by atoms with Crippen LogP contribution in [0, 0.1) is 5.82 Å². The van der Waals surface area contributed by atoms with Gasteiger partial charge in [0, 0.05) is 28.9 Å². The van der Waals surface area contributed by atoms with Crippen LogP contribution in [0.25, 0.3) is 22.3 Å². The summed E-state index contributed by atoms with van der Waals surface area (Å²) in [6.45, 7) is 2.39. The van der Waals surface area contributed by atoms with E-state index in [9.17, 15) is 13.5 Å². The van der Waals surface area contributed by atoms with Crippen LogP contribution in [0.15, 0.2) is 59.6 Å². The van der Waals surface area contributed by atoms with Crippen molar-refractivity contribution in [3.63, 3.8) is 0 Å². The van der Waals surface area contributed by atoms with Crippen molar-refractivity contribution in [2.45, 2.75) is 17.9 Å². The minimum absolute atomic E-state index is 0.0115. The summed E-state index contributed by atoms with van der Waals surface area (Å²) in [6, 6.07) is 12.0. The van der Waals surface area contributed by atoms with Crippen molar-refractivity contribution in [3.8, 4) is 28.0 Å². The first-order valence-electron chi connectivity index (χ1n) is 9.78. The maximum atomic E-state index is 15.1. The zero-order valence-corrected chi connectivity index (χ0v) is 17.6. The van der Waals surface area contributed by atoms with Crippen molar-refractivity contribution in [2.24, 2.45) is 0 Å². The van der Waals surface area contributed by atoms with Gasteiger partial charge in [-0.15, -0.1) is 0 Å². The summed E-state index contributed by atoms with van der Waals surface area (Å²) in [5.74, 6) is 0.676. The van der Waals surface area contributed by atoms with Gasteiger partial charge in [-0.1, -0.05) is 30.3 Å². The number of pyridine rings is 1. The van der Waals surface area contributed by atoms with E-state index in [4.69, 9.17) is 4.74 Å². The lowest BCUT2D eigenvalue weighted by atomic mass is 10.0. The van der Waals surface area contributed by atoms with Gasteiger partial charge in [-0.05, 0) is 30.7 Å². The number of sulfonamides is 1. The fourth-order valence-corrected chi connectivity index (χ4v) is 4.85. The lowest BCUT2D eigenvalue weighted by Gasteiger charge is -2.19. The number of ether oxygens (including phenoxy) is 1. The van der Waals surface area contributed by atoms with Gasteiger partial charge in [0.05, 0.1) is 18.0 Å². The summed E-state index contributed by atoms with van der Waals surface area (Å²) in [6.07, 6.45) is 1.57. The van der Waals surface area contributed by atoms with Crippen LogP contribution in [-0.4, -0.2) is 44.3 Å². The fourth-order valence-electron chi connectivity index (χ4n) is 3.39. The van der Waals surface area contributed by atoms with Crippen molar-refractivity contribution >= 4 is 15.8 Å². The Morgan fingerprint density at radius 1 is 1.19 bits per heavy atom. The number of anilines is 1. The van der Waals surface area contributed by atoms with Gasteiger partial charge in [0.15, 0.2) is 11.6 Å². The van der Waals surface area contributed by atoms with E-state index in [2.05, 4.69) is 15.0 Å². The third-order valence-corrected chi connectivity index (χ3v) is 6.55. The number of hydrogen-bond donors (Lipinski definition) is 3. The molecule has 7 nitrogen and oxygen atoms in total. The number of rotatable bonds is 6. The summed E-state index contributed by atoms with van der Waals surface area (Å²) < 4.78 is 48.6. The molecule has 2 heterocycles. The van der Waals surface area contributed by atoms with Crippen LogP contribution >= 0.6 is 0 Å². The Bertz CT molecular complexity index is 1220. The Morgan fingerprint density at radius 3 is 2.77 bits per heavy atom. The van der Waals surface area contributed by atoms with Gasteiger partial charge in [0.1, 0.15) is 12.4 Å². The molecule has 0 aliphatic carbocycles. The van der Waals surface area contributed by atoms with Gasteiger partial charge in [-0.2, -0.15) is 0 Å². The maximum absolute atomic E-state index is 15.1. The number of aliphatic hydroxyl groups is 1. The molecule has 31 heavy (non-hydrogen) atoms. The lowest BCUT2D eigenvalue weighted by molar-refractivity contribution is 0.265. The third kappa shape index (κ3) is 4.39. The van der Waals surface area contributed by atoms with E-state index < -0.39 is 21.9 Å². The molecule has 0 fully saturated rings. The van der Waals surface area contributed by atoms with Crippen LogP contribution in [-0.2, 0) is 10.0 Å². The number of nitrogens with zero attached hydrogens (tertiary/aromatic N) is 1. The molecule has 0 saturated heterocycles. The molecule has 2 aromatic carbocycles. The van der Waals surface area contributed by atoms with E-state index in [1.165, 1.54) is 12.1 Å². The number of hydrogen-bond acceptors (Lipinski definition) is 6. The highest BCUT2D eigenvalue weighted by atomic mass is 32.2. The molecule has 4 rings (SSSR count). The minimum Gasteiger partial charge on any atom is -0.488 e. The molecular weight excluding hydrogens is 421 g/mol. The van der Waals surface area contributed by atoms with Crippen LogP contribution < -0.4 is 14.8 Å². The predicted molar refractivity (Wildman–Crippen MR) is 116 cm³/mol. The smallest absolute Gasteiger partial charge is 0.241 e. The first-order valence-corrected chi connectivity index (χ1v) is 11.3. The zero-order chi connectivity index (χ0) is 22.0. The fraction of sp³-hybridized carbons (Fsp3) is 0.227. The van der Waals surface area contributed by atoms with Gasteiger partial charge < -0.3 is 15.2 Å². The first kappa shape index (κ1) is 21.2. The second-order valence-corrected chi connectivity index (χ2v) is 8.92. The second kappa shape index (κ2) is 8.62. The van der Waals surface area contributed by atoms with Gasteiger partial charge in [-0.3, -0.25) is 0 Å². The van der Waals surface area contributed by atoms with Crippen LogP contribution in [0.2, 0.25) is 0 Å². The van der Waals surface area contributed by atoms with Crippen LogP contribution in [0.3, 0.4) is 0 Å². The minimum atomic E-state index is -3.90. The second-order valence-electron chi connectivity index (χ2n) is 7.24. The standard InChI is InChI=1S/C22H22FN3O4S/c1-14(13-27)26-31(28,29)21-5-3-2-4-18(21)15-6-7-17(19(23)10-15)16-11-20-22(25-12-16)24-8-9-30-20/h2-7,10-12,14,26-27H,8-9,13H2,1H3,(H,24,25)/t14-/m0/s1. The number of benzene rings is 2. The first-order chi connectivity index (χ1) is 14.9. The Balaban J connectivity index is 1.71. The van der Waals surface area contributed by atoms with Gasteiger partial charge >= 0.3 is 0 Å². The molecular formula is C22H22FN3O4S. The van der Waals surface area contributed by atoms with Gasteiger partial charge in [-0.25, -0.2) is 22.5 Å². The summed E-state index contributed by atoms with van der Waals surface area (Å²) in [5.41, 5.74) is 1.68. The Labute approximate surface area is 180 Å². The van der Waals surface area contributed by atoms with Crippen LogP contribution in [0.5, 0.6) is 5.75 Å². The average Bonchev–Trinajstić information content (AvgIpc) is 2.78. The summed E-state index contributed by atoms with van der Waals surface area (Å²) in [4.78, 5) is 4.30. The molecule has 1 aliphatic heterocycles. The highest BCUT2D eigenvalue weighted by Gasteiger charge is 2.22. The molecule has 0 radical (unpaired) electrons. The van der Waals surface area contributed by atoms with Crippen LogP contribution in [0.4, 0.5) is 10.2 Å². The molecule has 3 aromatic rings. The van der Waals surface area contributed by atoms with E-state index in [0.717, 1.165) is 0 Å². The molecule has 162 valence electrons. The Hall–Kier alpha value is -3.01. The van der Waals surface area contributed by atoms with Gasteiger partial charge in [0.25, 0.3) is 0 Å². The molecule has 0 amide bonds. The van der Waals surface area contributed by atoms with Crippen molar-refractivity contribution < 1.29 is 22.7 Å². The normalized spacial score (nSPS) is 14.3.